The lowest BCUT2D eigenvalue weighted by atomic mass is 9.78. The molecule has 0 saturated heterocycles. The van der Waals surface area contributed by atoms with Crippen LogP contribution in [0.5, 0.6) is 5.75 Å². The molecule has 0 heterocycles. The van der Waals surface area contributed by atoms with E-state index in [4.69, 9.17) is 0 Å². The van der Waals surface area contributed by atoms with Crippen LogP contribution in [0.3, 0.4) is 0 Å². The first-order valence-corrected chi connectivity index (χ1v) is 12.6. The molecule has 0 unspecified atom stereocenters. The van der Waals surface area contributed by atoms with E-state index in [1.807, 2.05) is 24.3 Å². The minimum atomic E-state index is -4.96. The van der Waals surface area contributed by atoms with E-state index in [0.29, 0.717) is 29.4 Å². The lowest BCUT2D eigenvalue weighted by molar-refractivity contribution is -0.275. The molecule has 0 spiro atoms. The van der Waals surface area contributed by atoms with Gasteiger partial charge in [-0.15, -0.1) is 19.8 Å². The normalized spacial score (nSPS) is 18.4. The Bertz CT molecular complexity index is 1190. The molecule has 0 aromatic heterocycles. The largest absolute Gasteiger partial charge is 0.573 e. The second kappa shape index (κ2) is 11.4. The Morgan fingerprint density at radius 1 is 0.833 bits per heavy atom. The smallest absolute Gasteiger partial charge is 0.403 e. The molecule has 192 valence electrons. The highest BCUT2D eigenvalue weighted by atomic mass is 19.4. The summed E-state index contributed by atoms with van der Waals surface area (Å²) in [5.41, 5.74) is 2.16. The first kappa shape index (κ1) is 26.2. The van der Waals surface area contributed by atoms with Crippen molar-refractivity contribution in [3.63, 3.8) is 0 Å². The molecule has 1 nitrogen and oxygen atoms in total. The Morgan fingerprint density at radius 3 is 2.22 bits per heavy atom. The zero-order chi connectivity index (χ0) is 25.7. The number of hydrogen-bond donors (Lipinski definition) is 0. The van der Waals surface area contributed by atoms with E-state index in [-0.39, 0.29) is 5.82 Å². The molecule has 0 bridgehead atoms. The Balaban J connectivity index is 1.36. The molecule has 0 amide bonds. The van der Waals surface area contributed by atoms with Gasteiger partial charge in [-0.2, -0.15) is 0 Å². The Kier molecular flexibility index (Phi) is 8.32. The van der Waals surface area contributed by atoms with Gasteiger partial charge < -0.3 is 4.74 Å². The van der Waals surface area contributed by atoms with Gasteiger partial charge in [0, 0.05) is 5.39 Å². The van der Waals surface area contributed by atoms with E-state index in [9.17, 15) is 17.6 Å². The molecule has 4 rings (SSSR count). The standard InChI is InChI=1S/C30H31F5O/c1-2-3-20-4-6-21(7-5-20)8-9-22-11-16-26-25(18-22)15-14-24(29(26)32)13-10-23-12-17-28(27(31)19-23)36-30(33,34)35/h2,11-12,14-21H,1,3-10,13H2. The summed E-state index contributed by atoms with van der Waals surface area (Å²) >= 11 is 0. The number of alkyl halides is 3. The number of allylic oxidation sites excluding steroid dienone is 1. The summed E-state index contributed by atoms with van der Waals surface area (Å²) in [4.78, 5) is 0. The minimum Gasteiger partial charge on any atom is -0.403 e. The second-order valence-electron chi connectivity index (χ2n) is 9.86. The van der Waals surface area contributed by atoms with E-state index in [1.165, 1.54) is 37.3 Å². The van der Waals surface area contributed by atoms with E-state index >= 15 is 4.39 Å². The van der Waals surface area contributed by atoms with Crippen molar-refractivity contribution in [1.82, 2.24) is 0 Å². The van der Waals surface area contributed by atoms with Gasteiger partial charge in [0.2, 0.25) is 0 Å². The Hall–Kier alpha value is -2.89. The van der Waals surface area contributed by atoms with Crippen molar-refractivity contribution in [3.8, 4) is 5.75 Å². The van der Waals surface area contributed by atoms with Gasteiger partial charge in [-0.05, 0) is 91.0 Å². The number of fused-ring (bicyclic) bond motifs is 1. The molecule has 1 fully saturated rings. The van der Waals surface area contributed by atoms with Crippen LogP contribution in [-0.4, -0.2) is 6.36 Å². The number of rotatable bonds is 9. The van der Waals surface area contributed by atoms with Gasteiger partial charge in [0.1, 0.15) is 5.82 Å². The summed E-state index contributed by atoms with van der Waals surface area (Å²) in [7, 11) is 0. The highest BCUT2D eigenvalue weighted by molar-refractivity contribution is 5.84. The van der Waals surface area contributed by atoms with Crippen molar-refractivity contribution in [2.24, 2.45) is 11.8 Å². The van der Waals surface area contributed by atoms with Crippen LogP contribution >= 0.6 is 0 Å². The number of aryl methyl sites for hydroxylation is 3. The first-order valence-electron chi connectivity index (χ1n) is 12.6. The molecule has 0 radical (unpaired) electrons. The maximum atomic E-state index is 15.2. The molecule has 1 aliphatic rings. The summed E-state index contributed by atoms with van der Waals surface area (Å²) in [5, 5.41) is 1.39. The summed E-state index contributed by atoms with van der Waals surface area (Å²) in [6.07, 6.45) is 6.01. The van der Waals surface area contributed by atoms with Gasteiger partial charge in [-0.3, -0.25) is 0 Å². The monoisotopic (exact) mass is 502 g/mol. The summed E-state index contributed by atoms with van der Waals surface area (Å²) < 4.78 is 69.8. The van der Waals surface area contributed by atoms with Gasteiger partial charge in [-0.25, -0.2) is 8.78 Å². The first-order chi connectivity index (χ1) is 17.2. The fourth-order valence-electron chi connectivity index (χ4n) is 5.28. The van der Waals surface area contributed by atoms with Crippen LogP contribution in [0.25, 0.3) is 10.8 Å². The topological polar surface area (TPSA) is 9.23 Å². The van der Waals surface area contributed by atoms with Crippen molar-refractivity contribution >= 4 is 10.8 Å². The van der Waals surface area contributed by atoms with Crippen molar-refractivity contribution in [1.29, 1.82) is 0 Å². The molecule has 3 aromatic rings. The van der Waals surface area contributed by atoms with Gasteiger partial charge >= 0.3 is 6.36 Å². The summed E-state index contributed by atoms with van der Waals surface area (Å²) in [5.74, 6) is -0.740. The van der Waals surface area contributed by atoms with E-state index in [0.717, 1.165) is 48.6 Å². The second-order valence-corrected chi connectivity index (χ2v) is 9.86. The van der Waals surface area contributed by atoms with E-state index < -0.39 is 17.9 Å². The van der Waals surface area contributed by atoms with Crippen LogP contribution < -0.4 is 4.74 Å². The number of benzene rings is 3. The van der Waals surface area contributed by atoms with Crippen LogP contribution in [-0.2, 0) is 19.3 Å². The number of hydrogen-bond acceptors (Lipinski definition) is 1. The highest BCUT2D eigenvalue weighted by Gasteiger charge is 2.32. The summed E-state index contributed by atoms with van der Waals surface area (Å²) in [6.45, 7) is 3.85. The third-order valence-corrected chi connectivity index (χ3v) is 7.31. The Morgan fingerprint density at radius 2 is 1.53 bits per heavy atom. The zero-order valence-electron chi connectivity index (χ0n) is 20.2. The predicted octanol–water partition coefficient (Wildman–Crippen LogP) is 9.12. The van der Waals surface area contributed by atoms with Crippen LogP contribution in [0.1, 0.15) is 55.2 Å². The van der Waals surface area contributed by atoms with Crippen LogP contribution in [0, 0.1) is 23.5 Å². The number of halogens is 5. The van der Waals surface area contributed by atoms with E-state index in [1.54, 1.807) is 6.07 Å². The summed E-state index contributed by atoms with van der Waals surface area (Å²) in [6, 6.07) is 12.8. The molecule has 36 heavy (non-hydrogen) atoms. The molecule has 3 aromatic carbocycles. The molecular formula is C30H31F5O. The lowest BCUT2D eigenvalue weighted by Gasteiger charge is -2.27. The van der Waals surface area contributed by atoms with Gasteiger partial charge in [-0.1, -0.05) is 55.3 Å². The fourth-order valence-corrected chi connectivity index (χ4v) is 5.28. The van der Waals surface area contributed by atoms with Crippen molar-refractivity contribution in [2.45, 2.75) is 64.1 Å². The maximum Gasteiger partial charge on any atom is 0.573 e. The average molecular weight is 503 g/mol. The quantitative estimate of drug-likeness (QED) is 0.209. The Labute approximate surface area is 209 Å². The molecule has 0 N–H and O–H groups in total. The SMILES string of the molecule is C=CCC1CCC(CCc2ccc3c(F)c(CCc4ccc(OC(F)(F)F)c(F)c4)ccc3c2)CC1. The predicted molar refractivity (Wildman–Crippen MR) is 133 cm³/mol. The van der Waals surface area contributed by atoms with Crippen LogP contribution in [0.15, 0.2) is 61.2 Å². The highest BCUT2D eigenvalue weighted by Crippen LogP contribution is 2.34. The molecule has 6 heteroatoms. The maximum absolute atomic E-state index is 15.2. The van der Waals surface area contributed by atoms with Crippen molar-refractivity contribution in [3.05, 3.63) is 89.5 Å². The van der Waals surface area contributed by atoms with Gasteiger partial charge in [0.25, 0.3) is 0 Å². The molecule has 1 aliphatic carbocycles. The minimum absolute atomic E-state index is 0.290. The molecule has 0 atom stereocenters. The third-order valence-electron chi connectivity index (χ3n) is 7.31. The average Bonchev–Trinajstić information content (AvgIpc) is 2.84. The molecule has 1 saturated carbocycles. The van der Waals surface area contributed by atoms with Crippen molar-refractivity contribution in [2.75, 3.05) is 0 Å². The fraction of sp³-hybridized carbons (Fsp3) is 0.400. The van der Waals surface area contributed by atoms with Gasteiger partial charge in [0.05, 0.1) is 0 Å². The van der Waals surface area contributed by atoms with Gasteiger partial charge in [0.15, 0.2) is 11.6 Å². The lowest BCUT2D eigenvalue weighted by Crippen LogP contribution is -2.18. The molecule has 0 aliphatic heterocycles. The van der Waals surface area contributed by atoms with E-state index in [2.05, 4.69) is 17.4 Å². The molecular weight excluding hydrogens is 471 g/mol. The van der Waals surface area contributed by atoms with Crippen molar-refractivity contribution < 1.29 is 26.7 Å². The van der Waals surface area contributed by atoms with Crippen LogP contribution in [0.4, 0.5) is 22.0 Å². The van der Waals surface area contributed by atoms with Crippen LogP contribution in [0.2, 0.25) is 0 Å². The number of ether oxygens (including phenoxy) is 1. The zero-order valence-corrected chi connectivity index (χ0v) is 20.2. The third kappa shape index (κ3) is 6.86.